The number of amides is 1. The van der Waals surface area contributed by atoms with Crippen LogP contribution in [0.4, 0.5) is 5.69 Å². The molecule has 0 N–H and O–H groups in total. The van der Waals surface area contributed by atoms with Gasteiger partial charge < -0.3 is 9.30 Å². The molecule has 0 bridgehead atoms. The van der Waals surface area contributed by atoms with E-state index in [0.29, 0.717) is 15.0 Å². The van der Waals surface area contributed by atoms with Gasteiger partial charge in [0.2, 0.25) is 0 Å². The molecule has 0 aliphatic carbocycles. The van der Waals surface area contributed by atoms with Crippen molar-refractivity contribution < 1.29 is 9.53 Å². The van der Waals surface area contributed by atoms with Crippen LogP contribution < -0.4 is 9.64 Å². The second-order valence-corrected chi connectivity index (χ2v) is 6.44. The minimum Gasteiger partial charge on any atom is -0.497 e. The topological polar surface area (TPSA) is 34.5 Å². The predicted octanol–water partition coefficient (Wildman–Crippen LogP) is 3.44. The zero-order chi connectivity index (χ0) is 15.7. The highest BCUT2D eigenvalue weighted by atomic mass is 32.2. The Labute approximate surface area is 138 Å². The molecular formula is C16H14N2O2S2. The lowest BCUT2D eigenvalue weighted by Gasteiger charge is -2.15. The fourth-order valence-corrected chi connectivity index (χ4v) is 3.48. The normalized spacial score (nSPS) is 16.6. The first-order valence-corrected chi connectivity index (χ1v) is 7.86. The van der Waals surface area contributed by atoms with Gasteiger partial charge in [0.15, 0.2) is 4.32 Å². The number of hydrogen-bond acceptors (Lipinski definition) is 4. The van der Waals surface area contributed by atoms with E-state index in [9.17, 15) is 4.79 Å². The van der Waals surface area contributed by atoms with E-state index < -0.39 is 0 Å². The van der Waals surface area contributed by atoms with Crippen LogP contribution in [-0.2, 0) is 11.8 Å². The van der Waals surface area contributed by atoms with Crippen molar-refractivity contribution in [1.82, 2.24) is 4.57 Å². The number of carbonyl (C=O) groups excluding carboxylic acids is 1. The highest BCUT2D eigenvalue weighted by Crippen LogP contribution is 2.36. The van der Waals surface area contributed by atoms with Crippen LogP contribution in [0.5, 0.6) is 5.75 Å². The van der Waals surface area contributed by atoms with E-state index in [0.717, 1.165) is 11.4 Å². The molecule has 0 saturated carbocycles. The maximum atomic E-state index is 12.7. The Bertz CT molecular complexity index is 780. The second-order valence-electron chi connectivity index (χ2n) is 4.76. The maximum absolute atomic E-state index is 12.7. The molecule has 1 aromatic heterocycles. The molecule has 0 unspecified atom stereocenters. The summed E-state index contributed by atoms with van der Waals surface area (Å²) in [4.78, 5) is 14.8. The van der Waals surface area contributed by atoms with Gasteiger partial charge in [0.1, 0.15) is 5.75 Å². The lowest BCUT2D eigenvalue weighted by atomic mass is 10.2. The molecule has 1 saturated heterocycles. The molecule has 1 aliphatic heterocycles. The van der Waals surface area contributed by atoms with Gasteiger partial charge in [0, 0.05) is 25.0 Å². The summed E-state index contributed by atoms with van der Waals surface area (Å²) in [6, 6.07) is 11.2. The van der Waals surface area contributed by atoms with Crippen LogP contribution in [0.3, 0.4) is 0 Å². The third-order valence-corrected chi connectivity index (χ3v) is 4.67. The number of methoxy groups -OCH3 is 1. The molecule has 4 nitrogen and oxygen atoms in total. The monoisotopic (exact) mass is 330 g/mol. The minimum absolute atomic E-state index is 0.107. The van der Waals surface area contributed by atoms with Crippen molar-refractivity contribution in [2.45, 2.75) is 0 Å². The third kappa shape index (κ3) is 2.67. The van der Waals surface area contributed by atoms with E-state index in [1.165, 1.54) is 16.7 Å². The third-order valence-electron chi connectivity index (χ3n) is 3.37. The van der Waals surface area contributed by atoms with Gasteiger partial charge in [0.05, 0.1) is 17.7 Å². The number of aryl methyl sites for hydroxylation is 1. The van der Waals surface area contributed by atoms with E-state index in [1.54, 1.807) is 13.2 Å². The zero-order valence-electron chi connectivity index (χ0n) is 12.1. The van der Waals surface area contributed by atoms with Gasteiger partial charge in [-0.2, -0.15) is 0 Å². The summed E-state index contributed by atoms with van der Waals surface area (Å²) in [5.41, 5.74) is 1.68. The first-order valence-electron chi connectivity index (χ1n) is 6.63. The summed E-state index contributed by atoms with van der Waals surface area (Å²) in [6.45, 7) is 0. The van der Waals surface area contributed by atoms with Crippen LogP contribution in [0.1, 0.15) is 5.69 Å². The molecule has 0 spiro atoms. The van der Waals surface area contributed by atoms with Crippen LogP contribution in [0.15, 0.2) is 47.5 Å². The van der Waals surface area contributed by atoms with Crippen molar-refractivity contribution in [1.29, 1.82) is 0 Å². The number of rotatable bonds is 3. The molecule has 0 atom stereocenters. The fourth-order valence-electron chi connectivity index (χ4n) is 2.20. The Morgan fingerprint density at radius 3 is 2.77 bits per heavy atom. The number of ether oxygens (including phenoxy) is 1. The van der Waals surface area contributed by atoms with E-state index in [-0.39, 0.29) is 5.91 Å². The van der Waals surface area contributed by atoms with E-state index >= 15 is 0 Å². The van der Waals surface area contributed by atoms with E-state index in [2.05, 4.69) is 0 Å². The smallest absolute Gasteiger partial charge is 0.270 e. The molecule has 1 aromatic carbocycles. The molecule has 1 fully saturated rings. The molecule has 6 heteroatoms. The van der Waals surface area contributed by atoms with Crippen LogP contribution in [0.25, 0.3) is 6.08 Å². The molecule has 1 amide bonds. The van der Waals surface area contributed by atoms with Gasteiger partial charge in [-0.15, -0.1) is 0 Å². The first-order chi connectivity index (χ1) is 10.6. The molecule has 22 heavy (non-hydrogen) atoms. The van der Waals surface area contributed by atoms with E-state index in [4.69, 9.17) is 17.0 Å². The van der Waals surface area contributed by atoms with Crippen LogP contribution in [0, 0.1) is 0 Å². The van der Waals surface area contributed by atoms with Gasteiger partial charge in [-0.25, -0.2) is 0 Å². The Morgan fingerprint density at radius 2 is 2.09 bits per heavy atom. The summed E-state index contributed by atoms with van der Waals surface area (Å²) in [5.74, 6) is 0.586. The zero-order valence-corrected chi connectivity index (χ0v) is 13.8. The number of thioether (sulfide) groups is 1. The standard InChI is InChI=1S/C16H14N2O2S2/c1-17-8-4-6-11(17)10-14-15(19)18(16(21)22-14)12-5-3-7-13(9-12)20-2/h3-10H,1-2H3/b14-10-. The average molecular weight is 330 g/mol. The molecule has 0 radical (unpaired) electrons. The molecule has 3 rings (SSSR count). The van der Waals surface area contributed by atoms with Crippen LogP contribution in [0.2, 0.25) is 0 Å². The van der Waals surface area contributed by atoms with Gasteiger partial charge in [-0.05, 0) is 30.3 Å². The van der Waals surface area contributed by atoms with Crippen LogP contribution >= 0.6 is 24.0 Å². The molecular weight excluding hydrogens is 316 g/mol. The van der Waals surface area contributed by atoms with Gasteiger partial charge in [-0.1, -0.05) is 30.0 Å². The van der Waals surface area contributed by atoms with Crippen molar-refractivity contribution in [2.75, 3.05) is 12.0 Å². The van der Waals surface area contributed by atoms with Crippen molar-refractivity contribution >= 4 is 46.0 Å². The summed E-state index contributed by atoms with van der Waals surface area (Å²) in [6.07, 6.45) is 3.80. The Hall–Kier alpha value is -2.05. The van der Waals surface area contributed by atoms with Crippen molar-refractivity contribution in [2.24, 2.45) is 7.05 Å². The number of benzene rings is 1. The maximum Gasteiger partial charge on any atom is 0.270 e. The number of aromatic nitrogens is 1. The average Bonchev–Trinajstić information content (AvgIpc) is 3.03. The largest absolute Gasteiger partial charge is 0.497 e. The summed E-state index contributed by atoms with van der Waals surface area (Å²) in [7, 11) is 3.54. The minimum atomic E-state index is -0.107. The SMILES string of the molecule is COc1cccc(N2C(=O)/C(=C/c3cccn3C)SC2=S)c1. The summed E-state index contributed by atoms with van der Waals surface area (Å²) >= 11 is 6.68. The highest BCUT2D eigenvalue weighted by molar-refractivity contribution is 8.27. The summed E-state index contributed by atoms with van der Waals surface area (Å²) < 4.78 is 7.69. The Balaban J connectivity index is 1.95. The Kier molecular flexibility index (Phi) is 4.04. The van der Waals surface area contributed by atoms with Crippen molar-refractivity contribution in [3.8, 4) is 5.75 Å². The van der Waals surface area contributed by atoms with Gasteiger partial charge >= 0.3 is 0 Å². The molecule has 112 valence electrons. The van der Waals surface area contributed by atoms with E-state index in [1.807, 2.05) is 54.2 Å². The van der Waals surface area contributed by atoms with Gasteiger partial charge in [0.25, 0.3) is 5.91 Å². The van der Waals surface area contributed by atoms with Gasteiger partial charge in [-0.3, -0.25) is 9.69 Å². The quantitative estimate of drug-likeness (QED) is 0.638. The number of anilines is 1. The predicted molar refractivity (Wildman–Crippen MR) is 94.1 cm³/mol. The van der Waals surface area contributed by atoms with Crippen molar-refractivity contribution in [3.05, 3.63) is 53.2 Å². The van der Waals surface area contributed by atoms with Crippen LogP contribution in [-0.4, -0.2) is 21.9 Å². The number of thiocarbonyl (C=S) groups is 1. The number of hydrogen-bond donors (Lipinski definition) is 0. The first kappa shape index (κ1) is 14.9. The Morgan fingerprint density at radius 1 is 1.27 bits per heavy atom. The second kappa shape index (κ2) is 5.98. The highest BCUT2D eigenvalue weighted by Gasteiger charge is 2.33. The fraction of sp³-hybridized carbons (Fsp3) is 0.125. The lowest BCUT2D eigenvalue weighted by molar-refractivity contribution is -0.113. The van der Waals surface area contributed by atoms with Crippen molar-refractivity contribution in [3.63, 3.8) is 0 Å². The summed E-state index contributed by atoms with van der Waals surface area (Å²) in [5, 5.41) is 0. The molecule has 1 aliphatic rings. The number of nitrogens with zero attached hydrogens (tertiary/aromatic N) is 2. The molecule has 2 aromatic rings. The number of carbonyl (C=O) groups is 1. The molecule has 2 heterocycles. The lowest BCUT2D eigenvalue weighted by Crippen LogP contribution is -2.27.